The minimum absolute atomic E-state index is 0.300. The average molecular weight is 390 g/mol. The number of carbonyl (C=O) groups is 1. The van der Waals surface area contributed by atoms with E-state index in [1.54, 1.807) is 12.1 Å². The second-order valence-electron chi connectivity index (χ2n) is 8.25. The Labute approximate surface area is 170 Å². The number of piperidine rings is 2. The Balaban J connectivity index is 1.60. The third-order valence-corrected chi connectivity index (χ3v) is 6.59. The molecule has 2 saturated heterocycles. The van der Waals surface area contributed by atoms with E-state index in [0.717, 1.165) is 18.5 Å². The van der Waals surface area contributed by atoms with Crippen LogP contribution in [0.5, 0.6) is 0 Å². The molecule has 6 heteroatoms. The number of rotatable bonds is 4. The minimum Gasteiger partial charge on any atom is -0.423 e. The Morgan fingerprint density at radius 2 is 1.83 bits per heavy atom. The van der Waals surface area contributed by atoms with Crippen LogP contribution in [0.15, 0.2) is 52.9 Å². The normalized spacial score (nSPS) is 24.5. The van der Waals surface area contributed by atoms with Gasteiger partial charge in [-0.15, -0.1) is 0 Å². The van der Waals surface area contributed by atoms with E-state index in [2.05, 4.69) is 29.0 Å². The Morgan fingerprint density at radius 3 is 2.52 bits per heavy atom. The van der Waals surface area contributed by atoms with Crippen molar-refractivity contribution in [1.82, 2.24) is 9.88 Å². The SMILES string of the molecule is CN1C2CCCC1CC(N(c1ccccc1)c1nc3c(C(N)=O)cccc3o1)C2. The zero-order valence-electron chi connectivity index (χ0n) is 16.6. The molecule has 0 spiro atoms. The largest absolute Gasteiger partial charge is 0.423 e. The molecule has 150 valence electrons. The van der Waals surface area contributed by atoms with Gasteiger partial charge in [0.25, 0.3) is 5.91 Å². The van der Waals surface area contributed by atoms with Gasteiger partial charge in [-0.05, 0) is 57.0 Å². The number of hydrogen-bond acceptors (Lipinski definition) is 5. The molecule has 0 saturated carbocycles. The van der Waals surface area contributed by atoms with E-state index in [9.17, 15) is 4.79 Å². The first kappa shape index (κ1) is 18.2. The lowest BCUT2D eigenvalue weighted by Crippen LogP contribution is -2.54. The summed E-state index contributed by atoms with van der Waals surface area (Å²) >= 11 is 0. The molecule has 0 radical (unpaired) electrons. The van der Waals surface area contributed by atoms with Gasteiger partial charge in [-0.3, -0.25) is 9.69 Å². The number of oxazole rings is 1. The molecular formula is C23H26N4O2. The third-order valence-electron chi connectivity index (χ3n) is 6.59. The van der Waals surface area contributed by atoms with E-state index >= 15 is 0 Å². The first-order valence-corrected chi connectivity index (χ1v) is 10.4. The number of aromatic nitrogens is 1. The van der Waals surface area contributed by atoms with Gasteiger partial charge in [0.1, 0.15) is 5.52 Å². The van der Waals surface area contributed by atoms with Gasteiger partial charge in [0.15, 0.2) is 5.58 Å². The van der Waals surface area contributed by atoms with E-state index in [-0.39, 0.29) is 0 Å². The molecule has 0 aliphatic carbocycles. The number of primary amides is 1. The van der Waals surface area contributed by atoms with Gasteiger partial charge in [-0.25, -0.2) is 0 Å². The van der Waals surface area contributed by atoms with Crippen LogP contribution in [0.1, 0.15) is 42.5 Å². The van der Waals surface area contributed by atoms with Gasteiger partial charge in [0.05, 0.1) is 5.56 Å². The van der Waals surface area contributed by atoms with Gasteiger partial charge in [0.2, 0.25) is 0 Å². The molecule has 1 aromatic heterocycles. The molecule has 3 heterocycles. The fraction of sp³-hybridized carbons (Fsp3) is 0.391. The Morgan fingerprint density at radius 1 is 1.10 bits per heavy atom. The molecule has 5 rings (SSSR count). The molecule has 3 aromatic rings. The minimum atomic E-state index is -0.490. The number of hydrogen-bond donors (Lipinski definition) is 1. The quantitative estimate of drug-likeness (QED) is 0.726. The van der Waals surface area contributed by atoms with Gasteiger partial charge >= 0.3 is 6.01 Å². The van der Waals surface area contributed by atoms with E-state index in [4.69, 9.17) is 15.1 Å². The van der Waals surface area contributed by atoms with Crippen LogP contribution >= 0.6 is 0 Å². The summed E-state index contributed by atoms with van der Waals surface area (Å²) in [5, 5.41) is 0. The number of nitrogens with zero attached hydrogens (tertiary/aromatic N) is 3. The molecule has 2 aliphatic heterocycles. The maximum atomic E-state index is 11.9. The van der Waals surface area contributed by atoms with Crippen molar-refractivity contribution in [3.05, 3.63) is 54.1 Å². The van der Waals surface area contributed by atoms with E-state index in [1.807, 2.05) is 24.3 Å². The maximum Gasteiger partial charge on any atom is 0.303 e. The third kappa shape index (κ3) is 3.17. The summed E-state index contributed by atoms with van der Waals surface area (Å²) in [4.78, 5) is 21.4. The predicted molar refractivity (Wildman–Crippen MR) is 113 cm³/mol. The summed E-state index contributed by atoms with van der Waals surface area (Å²) in [6, 6.07) is 17.6. The number of amides is 1. The molecule has 2 unspecified atom stereocenters. The monoisotopic (exact) mass is 390 g/mol. The highest BCUT2D eigenvalue weighted by Crippen LogP contribution is 2.40. The summed E-state index contributed by atoms with van der Waals surface area (Å²) in [6.45, 7) is 0. The molecule has 1 amide bonds. The summed E-state index contributed by atoms with van der Waals surface area (Å²) in [5.41, 5.74) is 8.13. The lowest BCUT2D eigenvalue weighted by atomic mass is 9.81. The van der Waals surface area contributed by atoms with Crippen molar-refractivity contribution in [2.24, 2.45) is 5.73 Å². The van der Waals surface area contributed by atoms with Gasteiger partial charge in [-0.2, -0.15) is 4.98 Å². The van der Waals surface area contributed by atoms with E-state index in [1.165, 1.54) is 19.3 Å². The Bertz CT molecular complexity index is 1020. The number of benzene rings is 2. The maximum absolute atomic E-state index is 11.9. The van der Waals surface area contributed by atoms with Crippen molar-refractivity contribution in [2.45, 2.75) is 50.2 Å². The van der Waals surface area contributed by atoms with Crippen LogP contribution in [0.25, 0.3) is 11.1 Å². The van der Waals surface area contributed by atoms with E-state index < -0.39 is 5.91 Å². The fourth-order valence-electron chi connectivity index (χ4n) is 5.10. The van der Waals surface area contributed by atoms with Crippen LogP contribution < -0.4 is 10.6 Å². The van der Waals surface area contributed by atoms with Crippen molar-refractivity contribution < 1.29 is 9.21 Å². The zero-order valence-corrected chi connectivity index (χ0v) is 16.6. The zero-order chi connectivity index (χ0) is 20.0. The molecule has 2 N–H and O–H groups in total. The van der Waals surface area contributed by atoms with Crippen LogP contribution in [0, 0.1) is 0 Å². The topological polar surface area (TPSA) is 75.6 Å². The molecule has 2 aromatic carbocycles. The van der Waals surface area contributed by atoms with Crippen LogP contribution in [0.3, 0.4) is 0 Å². The molecule has 6 nitrogen and oxygen atoms in total. The Kier molecular flexibility index (Phi) is 4.51. The standard InChI is InChI=1S/C23H26N4O2/c1-26-16-9-5-10-17(26)14-18(13-16)27(15-7-3-2-4-8-15)23-25-21-19(22(24)28)11-6-12-20(21)29-23/h2-4,6-8,11-12,16-18H,5,9-10,13-14H2,1H3,(H2,24,28). The van der Waals surface area contributed by atoms with Gasteiger partial charge < -0.3 is 15.1 Å². The average Bonchev–Trinajstić information content (AvgIpc) is 3.13. The molecule has 2 bridgehead atoms. The number of nitrogens with two attached hydrogens (primary N) is 1. The van der Waals surface area contributed by atoms with Crippen LogP contribution in [-0.4, -0.2) is 41.0 Å². The number of para-hydroxylation sites is 2. The van der Waals surface area contributed by atoms with Crippen LogP contribution in [-0.2, 0) is 0 Å². The molecule has 2 aliphatic rings. The van der Waals surface area contributed by atoms with Crippen LogP contribution in [0.2, 0.25) is 0 Å². The predicted octanol–water partition coefficient (Wildman–Crippen LogP) is 4.08. The van der Waals surface area contributed by atoms with Crippen molar-refractivity contribution in [3.63, 3.8) is 0 Å². The fourth-order valence-corrected chi connectivity index (χ4v) is 5.10. The molecular weight excluding hydrogens is 364 g/mol. The highest BCUT2D eigenvalue weighted by atomic mass is 16.4. The van der Waals surface area contributed by atoms with Gasteiger partial charge in [0, 0.05) is 23.8 Å². The second kappa shape index (κ2) is 7.19. The molecule has 29 heavy (non-hydrogen) atoms. The smallest absolute Gasteiger partial charge is 0.303 e. The number of fused-ring (bicyclic) bond motifs is 3. The van der Waals surface area contributed by atoms with Gasteiger partial charge in [-0.1, -0.05) is 30.7 Å². The highest BCUT2D eigenvalue weighted by Gasteiger charge is 2.40. The Hall–Kier alpha value is -2.86. The number of carbonyl (C=O) groups excluding carboxylic acids is 1. The van der Waals surface area contributed by atoms with Crippen molar-refractivity contribution in [1.29, 1.82) is 0 Å². The van der Waals surface area contributed by atoms with Crippen molar-refractivity contribution in [2.75, 3.05) is 11.9 Å². The summed E-state index contributed by atoms with van der Waals surface area (Å²) in [7, 11) is 2.26. The molecule has 2 atom stereocenters. The van der Waals surface area contributed by atoms with Crippen molar-refractivity contribution >= 4 is 28.7 Å². The summed E-state index contributed by atoms with van der Waals surface area (Å²) < 4.78 is 6.17. The second-order valence-corrected chi connectivity index (χ2v) is 8.25. The highest BCUT2D eigenvalue weighted by molar-refractivity contribution is 6.03. The first-order chi connectivity index (χ1) is 14.1. The lowest BCUT2D eigenvalue weighted by Gasteiger charge is -2.49. The van der Waals surface area contributed by atoms with Crippen molar-refractivity contribution in [3.8, 4) is 0 Å². The summed E-state index contributed by atoms with van der Waals surface area (Å²) in [6.07, 6.45) is 5.94. The first-order valence-electron chi connectivity index (χ1n) is 10.4. The summed E-state index contributed by atoms with van der Waals surface area (Å²) in [5.74, 6) is -0.490. The van der Waals surface area contributed by atoms with E-state index in [0.29, 0.717) is 40.8 Å². The molecule has 2 fully saturated rings. The number of anilines is 2. The van der Waals surface area contributed by atoms with Crippen LogP contribution in [0.4, 0.5) is 11.7 Å². The lowest BCUT2D eigenvalue weighted by molar-refractivity contribution is 0.0563.